The Morgan fingerprint density at radius 3 is 2.55 bits per heavy atom. The molecule has 0 aliphatic carbocycles. The van der Waals surface area contributed by atoms with Gasteiger partial charge in [0.05, 0.1) is 10.0 Å². The number of aromatic amines is 1. The normalized spacial score (nSPS) is 10.3. The summed E-state index contributed by atoms with van der Waals surface area (Å²) in [5.41, 5.74) is 0.0653. The fourth-order valence-corrected chi connectivity index (χ4v) is 1.89. The van der Waals surface area contributed by atoms with Crippen LogP contribution in [0, 0.1) is 10.1 Å². The van der Waals surface area contributed by atoms with Crippen LogP contribution in [0.4, 0.5) is 11.5 Å². The highest BCUT2D eigenvalue weighted by atomic mass is 35.5. The zero-order valence-electron chi connectivity index (χ0n) is 9.49. The molecule has 0 radical (unpaired) electrons. The third-order valence-corrected chi connectivity index (χ3v) is 3.36. The fourth-order valence-electron chi connectivity index (χ4n) is 1.35. The summed E-state index contributed by atoms with van der Waals surface area (Å²) in [6.07, 6.45) is 0. The Balaban J connectivity index is 2.24. The Morgan fingerprint density at radius 2 is 2.00 bits per heavy atom. The molecule has 2 rings (SSSR count). The van der Waals surface area contributed by atoms with Gasteiger partial charge >= 0.3 is 5.82 Å². The minimum atomic E-state index is -0.773. The molecular weight excluding hydrogens is 330 g/mol. The molecule has 0 aliphatic heterocycles. The smallest absolute Gasteiger partial charge is 0.358 e. The lowest BCUT2D eigenvalue weighted by molar-refractivity contribution is -0.389. The summed E-state index contributed by atoms with van der Waals surface area (Å²) in [4.78, 5) is 21.7. The molecule has 0 spiro atoms. The van der Waals surface area contributed by atoms with Crippen LogP contribution in [0.2, 0.25) is 15.1 Å². The summed E-state index contributed by atoms with van der Waals surface area (Å²) in [5, 5.41) is 18.8. The van der Waals surface area contributed by atoms with Gasteiger partial charge < -0.3 is 15.4 Å². The minimum absolute atomic E-state index is 0.253. The molecule has 2 aromatic rings. The molecule has 1 amide bonds. The van der Waals surface area contributed by atoms with Gasteiger partial charge in [0.25, 0.3) is 5.91 Å². The van der Waals surface area contributed by atoms with Gasteiger partial charge in [-0.25, -0.2) is 0 Å². The van der Waals surface area contributed by atoms with Crippen LogP contribution in [0.25, 0.3) is 0 Å². The topological polar surface area (TPSA) is 101 Å². The Kier molecular flexibility index (Phi) is 4.12. The van der Waals surface area contributed by atoms with E-state index in [0.717, 1.165) is 0 Å². The number of hydrogen-bond acceptors (Lipinski definition) is 4. The van der Waals surface area contributed by atoms with E-state index in [1.165, 1.54) is 18.2 Å². The lowest BCUT2D eigenvalue weighted by Gasteiger charge is -2.04. The number of hydrogen-bond donors (Lipinski definition) is 2. The average Bonchev–Trinajstić information content (AvgIpc) is 2.76. The Hall–Kier alpha value is -1.83. The van der Waals surface area contributed by atoms with Crippen LogP contribution in [0.1, 0.15) is 10.5 Å². The van der Waals surface area contributed by atoms with E-state index in [9.17, 15) is 14.9 Å². The highest BCUT2D eigenvalue weighted by Gasteiger charge is 2.25. The highest BCUT2D eigenvalue weighted by molar-refractivity contribution is 6.42. The van der Waals surface area contributed by atoms with E-state index in [-0.39, 0.29) is 15.7 Å². The maximum atomic E-state index is 11.9. The molecular formula is C10H5Cl3N4O3. The molecule has 20 heavy (non-hydrogen) atoms. The van der Waals surface area contributed by atoms with E-state index in [0.29, 0.717) is 10.7 Å². The van der Waals surface area contributed by atoms with Crippen molar-refractivity contribution < 1.29 is 9.72 Å². The van der Waals surface area contributed by atoms with Gasteiger partial charge in [-0.1, -0.05) is 39.9 Å². The number of anilines is 1. The molecule has 0 aliphatic rings. The van der Waals surface area contributed by atoms with E-state index in [1.54, 1.807) is 0 Å². The number of rotatable bonds is 3. The first kappa shape index (κ1) is 14.6. The molecule has 0 unspecified atom stereocenters. The van der Waals surface area contributed by atoms with Crippen LogP contribution in [0.15, 0.2) is 18.2 Å². The lowest BCUT2D eigenvalue weighted by atomic mass is 10.3. The number of carbonyl (C=O) groups excluding carboxylic acids is 1. The van der Waals surface area contributed by atoms with E-state index >= 15 is 0 Å². The molecule has 10 heteroatoms. The van der Waals surface area contributed by atoms with Gasteiger partial charge in [-0.05, 0) is 23.1 Å². The van der Waals surface area contributed by atoms with Crippen LogP contribution in [-0.4, -0.2) is 21.0 Å². The molecule has 104 valence electrons. The van der Waals surface area contributed by atoms with Crippen molar-refractivity contribution in [2.45, 2.75) is 0 Å². The van der Waals surface area contributed by atoms with Crippen LogP contribution in [-0.2, 0) is 0 Å². The summed E-state index contributed by atoms with van der Waals surface area (Å²) in [6.45, 7) is 0. The van der Waals surface area contributed by atoms with Crippen molar-refractivity contribution in [3.8, 4) is 0 Å². The van der Waals surface area contributed by atoms with Crippen LogP contribution >= 0.6 is 34.8 Å². The minimum Gasteiger partial charge on any atom is -0.358 e. The summed E-state index contributed by atoms with van der Waals surface area (Å²) < 4.78 is 0. The Morgan fingerprint density at radius 1 is 1.30 bits per heavy atom. The Bertz CT molecular complexity index is 701. The summed E-state index contributed by atoms with van der Waals surface area (Å²) >= 11 is 17.2. The van der Waals surface area contributed by atoms with Crippen molar-refractivity contribution in [2.75, 3.05) is 5.32 Å². The molecule has 0 bridgehead atoms. The van der Waals surface area contributed by atoms with Crippen molar-refractivity contribution in [1.29, 1.82) is 0 Å². The number of H-pyrrole nitrogens is 1. The Labute approximate surface area is 127 Å². The molecule has 0 saturated heterocycles. The van der Waals surface area contributed by atoms with Gasteiger partial charge in [-0.15, -0.1) is 5.10 Å². The van der Waals surface area contributed by atoms with E-state index in [1.807, 2.05) is 0 Å². The number of nitrogens with zero attached hydrogens (tertiary/aromatic N) is 2. The number of carbonyl (C=O) groups is 1. The maximum Gasteiger partial charge on any atom is 0.362 e. The summed E-state index contributed by atoms with van der Waals surface area (Å²) in [5.74, 6) is -1.26. The van der Waals surface area contributed by atoms with E-state index < -0.39 is 16.6 Å². The third kappa shape index (κ3) is 2.84. The van der Waals surface area contributed by atoms with E-state index in [2.05, 4.69) is 15.5 Å². The second kappa shape index (κ2) is 5.66. The number of nitro groups is 1. The first-order valence-corrected chi connectivity index (χ1v) is 6.18. The van der Waals surface area contributed by atoms with Crippen LogP contribution < -0.4 is 5.32 Å². The zero-order valence-corrected chi connectivity index (χ0v) is 11.8. The van der Waals surface area contributed by atoms with Crippen molar-refractivity contribution in [3.63, 3.8) is 0 Å². The van der Waals surface area contributed by atoms with Crippen molar-refractivity contribution >= 4 is 52.2 Å². The predicted octanol–water partition coefficient (Wildman–Crippen LogP) is 3.53. The maximum absolute atomic E-state index is 11.9. The summed E-state index contributed by atoms with van der Waals surface area (Å²) in [7, 11) is 0. The van der Waals surface area contributed by atoms with Gasteiger partial charge in [-0.2, -0.15) is 0 Å². The van der Waals surface area contributed by atoms with Gasteiger partial charge in [-0.3, -0.25) is 4.79 Å². The van der Waals surface area contributed by atoms with Crippen molar-refractivity contribution in [2.24, 2.45) is 0 Å². The zero-order chi connectivity index (χ0) is 14.9. The molecule has 0 saturated carbocycles. The van der Waals surface area contributed by atoms with E-state index in [4.69, 9.17) is 34.8 Å². The SMILES string of the molecule is O=C(Nc1ccc(Cl)c(Cl)c1)c1n[nH]c([N+](=O)[O-])c1Cl. The van der Waals surface area contributed by atoms with Gasteiger partial charge in [0.15, 0.2) is 10.7 Å². The molecule has 1 heterocycles. The fraction of sp³-hybridized carbons (Fsp3) is 0. The van der Waals surface area contributed by atoms with Gasteiger partial charge in [0, 0.05) is 5.69 Å². The second-order valence-corrected chi connectivity index (χ2v) is 4.77. The third-order valence-electron chi connectivity index (χ3n) is 2.26. The standard InChI is InChI=1S/C10H5Cl3N4O3/c11-5-2-1-4(3-6(5)12)14-10(18)8-7(13)9(16-15-8)17(19)20/h1-3H,(H,14,18)(H,15,16). The van der Waals surface area contributed by atoms with Crippen molar-refractivity contribution in [3.05, 3.63) is 49.1 Å². The van der Waals surface area contributed by atoms with Crippen LogP contribution in [0.3, 0.4) is 0 Å². The number of aromatic nitrogens is 2. The molecule has 0 atom stereocenters. The number of halogens is 3. The monoisotopic (exact) mass is 334 g/mol. The van der Waals surface area contributed by atoms with Gasteiger partial charge in [0.1, 0.15) is 0 Å². The molecule has 0 fully saturated rings. The molecule has 1 aromatic heterocycles. The number of benzene rings is 1. The highest BCUT2D eigenvalue weighted by Crippen LogP contribution is 2.27. The molecule has 7 nitrogen and oxygen atoms in total. The largest absolute Gasteiger partial charge is 0.362 e. The number of amides is 1. The van der Waals surface area contributed by atoms with Crippen LogP contribution in [0.5, 0.6) is 0 Å². The second-order valence-electron chi connectivity index (χ2n) is 3.57. The molecule has 2 N–H and O–H groups in total. The quantitative estimate of drug-likeness (QED) is 0.661. The predicted molar refractivity (Wildman–Crippen MR) is 74.7 cm³/mol. The van der Waals surface area contributed by atoms with Crippen molar-refractivity contribution in [1.82, 2.24) is 10.2 Å². The summed E-state index contributed by atoms with van der Waals surface area (Å²) in [6, 6.07) is 4.44. The molecule has 1 aromatic carbocycles. The first-order valence-electron chi connectivity index (χ1n) is 5.05. The average molecular weight is 336 g/mol. The van der Waals surface area contributed by atoms with Gasteiger partial charge in [0.2, 0.25) is 0 Å². The number of nitrogens with one attached hydrogen (secondary N) is 2. The lowest BCUT2D eigenvalue weighted by Crippen LogP contribution is -2.12. The first-order chi connectivity index (χ1) is 9.40.